The first-order chi connectivity index (χ1) is 9.14. The van der Waals surface area contributed by atoms with Gasteiger partial charge in [0.15, 0.2) is 0 Å². The predicted octanol–water partition coefficient (Wildman–Crippen LogP) is 1.62. The standard InChI is InChI=1S/C15H22N2O2.ClH/c1-12(16)14(18)17-11-15(7-9-19-10-8-15)13-5-3-2-4-6-13;/h2-6,12H,7-11,16H2,1H3,(H,17,18);1H/t12-;/m0./s1. The van der Waals surface area contributed by atoms with Crippen molar-refractivity contribution in [3.8, 4) is 0 Å². The summed E-state index contributed by atoms with van der Waals surface area (Å²) in [5, 5.41) is 2.97. The Morgan fingerprint density at radius 1 is 1.35 bits per heavy atom. The largest absolute Gasteiger partial charge is 0.381 e. The number of carbonyl (C=O) groups excluding carboxylic acids is 1. The van der Waals surface area contributed by atoms with Gasteiger partial charge < -0.3 is 15.8 Å². The van der Waals surface area contributed by atoms with Crippen LogP contribution in [-0.2, 0) is 14.9 Å². The van der Waals surface area contributed by atoms with Crippen LogP contribution in [0.2, 0.25) is 0 Å². The van der Waals surface area contributed by atoms with Crippen LogP contribution in [0.25, 0.3) is 0 Å². The molecule has 1 atom stereocenters. The van der Waals surface area contributed by atoms with Crippen molar-refractivity contribution in [3.05, 3.63) is 35.9 Å². The summed E-state index contributed by atoms with van der Waals surface area (Å²) in [6, 6.07) is 9.89. The van der Waals surface area contributed by atoms with Crippen LogP contribution >= 0.6 is 12.4 Å². The Balaban J connectivity index is 0.00000200. The monoisotopic (exact) mass is 298 g/mol. The fourth-order valence-corrected chi connectivity index (χ4v) is 2.54. The van der Waals surface area contributed by atoms with Gasteiger partial charge in [-0.3, -0.25) is 4.79 Å². The second-order valence-electron chi connectivity index (χ2n) is 5.27. The molecule has 1 amide bonds. The molecule has 5 heteroatoms. The second-order valence-corrected chi connectivity index (χ2v) is 5.27. The summed E-state index contributed by atoms with van der Waals surface area (Å²) in [5.74, 6) is -0.0956. The number of ether oxygens (including phenoxy) is 1. The molecule has 1 aliphatic rings. The van der Waals surface area contributed by atoms with Crippen molar-refractivity contribution in [1.82, 2.24) is 5.32 Å². The zero-order chi connectivity index (χ0) is 13.7. The van der Waals surface area contributed by atoms with E-state index in [2.05, 4.69) is 17.4 Å². The zero-order valence-corrected chi connectivity index (χ0v) is 12.6. The molecule has 1 aromatic rings. The maximum atomic E-state index is 11.7. The number of nitrogens with one attached hydrogen (secondary N) is 1. The summed E-state index contributed by atoms with van der Waals surface area (Å²) in [5.41, 5.74) is 6.84. The molecule has 1 aliphatic heterocycles. The number of amides is 1. The average molecular weight is 299 g/mol. The molecular weight excluding hydrogens is 276 g/mol. The summed E-state index contributed by atoms with van der Waals surface area (Å²) < 4.78 is 5.46. The molecule has 3 N–H and O–H groups in total. The molecule has 0 unspecified atom stereocenters. The quantitative estimate of drug-likeness (QED) is 0.888. The third-order valence-electron chi connectivity index (χ3n) is 3.85. The van der Waals surface area contributed by atoms with Gasteiger partial charge in [-0.2, -0.15) is 0 Å². The zero-order valence-electron chi connectivity index (χ0n) is 11.8. The van der Waals surface area contributed by atoms with E-state index in [1.165, 1.54) is 5.56 Å². The minimum absolute atomic E-state index is 0. The maximum absolute atomic E-state index is 11.7. The molecule has 0 spiro atoms. The van der Waals surface area contributed by atoms with E-state index in [9.17, 15) is 4.79 Å². The van der Waals surface area contributed by atoms with Crippen LogP contribution in [-0.4, -0.2) is 31.7 Å². The Morgan fingerprint density at radius 2 is 1.95 bits per heavy atom. The van der Waals surface area contributed by atoms with Crippen molar-refractivity contribution < 1.29 is 9.53 Å². The smallest absolute Gasteiger partial charge is 0.236 e. The number of hydrogen-bond acceptors (Lipinski definition) is 3. The molecule has 1 fully saturated rings. The molecular formula is C15H23ClN2O2. The van der Waals surface area contributed by atoms with Gasteiger partial charge in [0.05, 0.1) is 6.04 Å². The molecule has 0 saturated carbocycles. The SMILES string of the molecule is C[C@H](N)C(=O)NCC1(c2ccccc2)CCOCC1.Cl. The number of rotatable bonds is 4. The van der Waals surface area contributed by atoms with Gasteiger partial charge in [-0.1, -0.05) is 30.3 Å². The fourth-order valence-electron chi connectivity index (χ4n) is 2.54. The molecule has 0 bridgehead atoms. The van der Waals surface area contributed by atoms with E-state index in [1.807, 2.05) is 18.2 Å². The van der Waals surface area contributed by atoms with E-state index in [0.29, 0.717) is 6.54 Å². The summed E-state index contributed by atoms with van der Waals surface area (Å²) in [6.45, 7) is 3.81. The summed E-state index contributed by atoms with van der Waals surface area (Å²) in [7, 11) is 0. The van der Waals surface area contributed by atoms with Gasteiger partial charge in [0.2, 0.25) is 5.91 Å². The van der Waals surface area contributed by atoms with Crippen molar-refractivity contribution in [2.75, 3.05) is 19.8 Å². The normalized spacial score (nSPS) is 18.7. The molecule has 0 radical (unpaired) electrons. The fraction of sp³-hybridized carbons (Fsp3) is 0.533. The van der Waals surface area contributed by atoms with Crippen molar-refractivity contribution in [2.45, 2.75) is 31.2 Å². The van der Waals surface area contributed by atoms with Gasteiger partial charge in [-0.25, -0.2) is 0 Å². The summed E-state index contributed by atoms with van der Waals surface area (Å²) in [6.07, 6.45) is 1.85. The molecule has 20 heavy (non-hydrogen) atoms. The maximum Gasteiger partial charge on any atom is 0.236 e. The number of hydrogen-bond donors (Lipinski definition) is 2. The lowest BCUT2D eigenvalue weighted by molar-refractivity contribution is -0.122. The van der Waals surface area contributed by atoms with Crippen LogP contribution in [0.3, 0.4) is 0 Å². The highest BCUT2D eigenvalue weighted by atomic mass is 35.5. The van der Waals surface area contributed by atoms with E-state index in [-0.39, 0.29) is 23.7 Å². The van der Waals surface area contributed by atoms with Gasteiger partial charge in [0.1, 0.15) is 0 Å². The molecule has 0 aromatic heterocycles. The van der Waals surface area contributed by atoms with Gasteiger partial charge in [0.25, 0.3) is 0 Å². The lowest BCUT2D eigenvalue weighted by Gasteiger charge is -2.38. The first kappa shape index (κ1) is 17.0. The van der Waals surface area contributed by atoms with Crippen molar-refractivity contribution in [3.63, 3.8) is 0 Å². The van der Waals surface area contributed by atoms with Crippen LogP contribution < -0.4 is 11.1 Å². The minimum Gasteiger partial charge on any atom is -0.381 e. The topological polar surface area (TPSA) is 64.4 Å². The highest BCUT2D eigenvalue weighted by Gasteiger charge is 2.34. The van der Waals surface area contributed by atoms with Gasteiger partial charge in [-0.15, -0.1) is 12.4 Å². The van der Waals surface area contributed by atoms with E-state index in [4.69, 9.17) is 10.5 Å². The molecule has 1 saturated heterocycles. The molecule has 0 aliphatic carbocycles. The number of halogens is 1. The number of nitrogens with two attached hydrogens (primary N) is 1. The first-order valence-electron chi connectivity index (χ1n) is 6.81. The van der Waals surface area contributed by atoms with E-state index in [1.54, 1.807) is 6.92 Å². The van der Waals surface area contributed by atoms with E-state index < -0.39 is 6.04 Å². The third-order valence-corrected chi connectivity index (χ3v) is 3.85. The van der Waals surface area contributed by atoms with E-state index >= 15 is 0 Å². The minimum atomic E-state index is -0.465. The Morgan fingerprint density at radius 3 is 2.50 bits per heavy atom. The van der Waals surface area contributed by atoms with Crippen molar-refractivity contribution >= 4 is 18.3 Å². The average Bonchev–Trinajstić information content (AvgIpc) is 2.46. The highest BCUT2D eigenvalue weighted by Crippen LogP contribution is 2.34. The lowest BCUT2D eigenvalue weighted by atomic mass is 9.74. The van der Waals surface area contributed by atoms with Crippen LogP contribution in [0.4, 0.5) is 0 Å². The number of benzene rings is 1. The van der Waals surface area contributed by atoms with Crippen LogP contribution in [0.15, 0.2) is 30.3 Å². The first-order valence-corrected chi connectivity index (χ1v) is 6.81. The Kier molecular flexibility index (Phi) is 6.46. The Bertz CT molecular complexity index is 417. The van der Waals surface area contributed by atoms with Crippen molar-refractivity contribution in [1.29, 1.82) is 0 Å². The predicted molar refractivity (Wildman–Crippen MR) is 82.1 cm³/mol. The number of carbonyl (C=O) groups is 1. The summed E-state index contributed by atoms with van der Waals surface area (Å²) in [4.78, 5) is 11.7. The van der Waals surface area contributed by atoms with Crippen LogP contribution in [0, 0.1) is 0 Å². The van der Waals surface area contributed by atoms with Crippen molar-refractivity contribution in [2.24, 2.45) is 5.73 Å². The lowest BCUT2D eigenvalue weighted by Crippen LogP contribution is -2.48. The molecule has 2 rings (SSSR count). The van der Waals surface area contributed by atoms with Crippen LogP contribution in [0.5, 0.6) is 0 Å². The van der Waals surface area contributed by atoms with E-state index in [0.717, 1.165) is 26.1 Å². The van der Waals surface area contributed by atoms with Crippen LogP contribution in [0.1, 0.15) is 25.3 Å². The molecule has 4 nitrogen and oxygen atoms in total. The van der Waals surface area contributed by atoms with Gasteiger partial charge in [0, 0.05) is 25.2 Å². The Hall–Kier alpha value is -1.10. The summed E-state index contributed by atoms with van der Waals surface area (Å²) >= 11 is 0. The van der Waals surface area contributed by atoms with Gasteiger partial charge in [-0.05, 0) is 25.3 Å². The van der Waals surface area contributed by atoms with Gasteiger partial charge >= 0.3 is 0 Å². The molecule has 1 aromatic carbocycles. The Labute approximate surface area is 126 Å². The second kappa shape index (κ2) is 7.62. The third kappa shape index (κ3) is 3.95. The molecule has 112 valence electrons. The molecule has 1 heterocycles. The highest BCUT2D eigenvalue weighted by molar-refractivity contribution is 5.85.